The molecule has 4 heteroatoms. The molecule has 0 atom stereocenters. The summed E-state index contributed by atoms with van der Waals surface area (Å²) in [5, 5.41) is 3.19. The maximum absolute atomic E-state index is 11.4. The number of hydrogen-bond donors (Lipinski definition) is 1. The Kier molecular flexibility index (Phi) is 3.39. The minimum Gasteiger partial charge on any atom is -0.465 e. The fourth-order valence-electron chi connectivity index (χ4n) is 1.62. The second-order valence-electron chi connectivity index (χ2n) is 4.05. The summed E-state index contributed by atoms with van der Waals surface area (Å²) in [5.74, 6) is 1.15. The molecule has 1 aliphatic rings. The first kappa shape index (κ1) is 10.9. The predicted molar refractivity (Wildman–Crippen MR) is 61.4 cm³/mol. The van der Waals surface area contributed by atoms with E-state index in [1.165, 1.54) is 20.0 Å². The summed E-state index contributed by atoms with van der Waals surface area (Å²) >= 11 is 0. The molecule has 0 aromatic carbocycles. The van der Waals surface area contributed by atoms with Crippen LogP contribution in [0.2, 0.25) is 0 Å². The lowest BCUT2D eigenvalue weighted by atomic mass is 10.2. The van der Waals surface area contributed by atoms with Crippen LogP contribution in [0.4, 0.5) is 5.82 Å². The molecular weight excluding hydrogens is 204 g/mol. The zero-order chi connectivity index (χ0) is 11.4. The number of nitrogens with zero attached hydrogens (tertiary/aromatic N) is 1. The van der Waals surface area contributed by atoms with Gasteiger partial charge in [0.05, 0.1) is 7.11 Å². The van der Waals surface area contributed by atoms with Gasteiger partial charge in [-0.1, -0.05) is 12.8 Å². The second kappa shape index (κ2) is 4.96. The highest BCUT2D eigenvalue weighted by Crippen LogP contribution is 2.32. The first-order valence-corrected chi connectivity index (χ1v) is 5.58. The van der Waals surface area contributed by atoms with Crippen LogP contribution in [0.3, 0.4) is 0 Å². The number of anilines is 1. The summed E-state index contributed by atoms with van der Waals surface area (Å²) in [4.78, 5) is 15.6. The molecule has 1 aromatic rings. The van der Waals surface area contributed by atoms with Crippen LogP contribution in [0.25, 0.3) is 0 Å². The van der Waals surface area contributed by atoms with Crippen molar-refractivity contribution >= 4 is 11.8 Å². The molecule has 0 radical (unpaired) electrons. The van der Waals surface area contributed by atoms with E-state index in [2.05, 4.69) is 10.3 Å². The van der Waals surface area contributed by atoms with Gasteiger partial charge in [0.2, 0.25) is 0 Å². The Morgan fingerprint density at radius 3 is 3.12 bits per heavy atom. The fourth-order valence-corrected chi connectivity index (χ4v) is 1.62. The van der Waals surface area contributed by atoms with Crippen molar-refractivity contribution in [3.05, 3.63) is 23.9 Å². The molecule has 1 aliphatic carbocycles. The lowest BCUT2D eigenvalue weighted by molar-refractivity contribution is 0.0601. The predicted octanol–water partition coefficient (Wildman–Crippen LogP) is 2.08. The van der Waals surface area contributed by atoms with E-state index >= 15 is 0 Å². The van der Waals surface area contributed by atoms with Crippen molar-refractivity contribution in [2.24, 2.45) is 5.92 Å². The van der Waals surface area contributed by atoms with Gasteiger partial charge in [-0.3, -0.25) is 0 Å². The standard InChI is InChI=1S/C12H16N2O2/c1-16-12(15)10-3-2-7-13-11(10)14-8-6-9-4-5-9/h2-3,7,9H,4-6,8H2,1H3,(H,13,14). The third-order valence-corrected chi connectivity index (χ3v) is 2.75. The Morgan fingerprint density at radius 1 is 1.62 bits per heavy atom. The first-order chi connectivity index (χ1) is 7.81. The van der Waals surface area contributed by atoms with Gasteiger partial charge >= 0.3 is 5.97 Å². The lowest BCUT2D eigenvalue weighted by Crippen LogP contribution is -2.11. The lowest BCUT2D eigenvalue weighted by Gasteiger charge is -2.08. The van der Waals surface area contributed by atoms with Gasteiger partial charge in [-0.25, -0.2) is 9.78 Å². The molecular formula is C12H16N2O2. The van der Waals surface area contributed by atoms with E-state index in [4.69, 9.17) is 4.74 Å². The number of rotatable bonds is 5. The van der Waals surface area contributed by atoms with Crippen LogP contribution in [0.1, 0.15) is 29.6 Å². The summed E-state index contributed by atoms with van der Waals surface area (Å²) in [6.45, 7) is 0.867. The van der Waals surface area contributed by atoms with Crippen LogP contribution in [0.15, 0.2) is 18.3 Å². The van der Waals surface area contributed by atoms with Crippen molar-refractivity contribution in [3.8, 4) is 0 Å². The molecule has 1 fully saturated rings. The van der Waals surface area contributed by atoms with Crippen molar-refractivity contribution in [1.29, 1.82) is 0 Å². The van der Waals surface area contributed by atoms with Gasteiger partial charge in [0.1, 0.15) is 11.4 Å². The third kappa shape index (κ3) is 2.72. The number of nitrogens with one attached hydrogen (secondary N) is 1. The van der Waals surface area contributed by atoms with Crippen molar-refractivity contribution in [2.45, 2.75) is 19.3 Å². The molecule has 1 aromatic heterocycles. The van der Waals surface area contributed by atoms with Gasteiger partial charge in [-0.2, -0.15) is 0 Å². The van der Waals surface area contributed by atoms with Crippen molar-refractivity contribution in [3.63, 3.8) is 0 Å². The van der Waals surface area contributed by atoms with Gasteiger partial charge in [-0.05, 0) is 24.5 Å². The average molecular weight is 220 g/mol. The SMILES string of the molecule is COC(=O)c1cccnc1NCCC1CC1. The molecule has 0 bridgehead atoms. The monoisotopic (exact) mass is 220 g/mol. The van der Waals surface area contributed by atoms with E-state index in [1.807, 2.05) is 0 Å². The van der Waals surface area contributed by atoms with Crippen LogP contribution in [-0.4, -0.2) is 24.6 Å². The number of carbonyl (C=O) groups excluding carboxylic acids is 1. The number of hydrogen-bond acceptors (Lipinski definition) is 4. The molecule has 1 saturated carbocycles. The molecule has 16 heavy (non-hydrogen) atoms. The first-order valence-electron chi connectivity index (χ1n) is 5.58. The van der Waals surface area contributed by atoms with E-state index < -0.39 is 0 Å². The van der Waals surface area contributed by atoms with Crippen LogP contribution in [0, 0.1) is 5.92 Å². The molecule has 4 nitrogen and oxygen atoms in total. The summed E-state index contributed by atoms with van der Waals surface area (Å²) in [6.07, 6.45) is 5.50. The highest BCUT2D eigenvalue weighted by molar-refractivity contribution is 5.94. The smallest absolute Gasteiger partial charge is 0.341 e. The summed E-state index contributed by atoms with van der Waals surface area (Å²) in [6, 6.07) is 3.45. The number of ether oxygens (including phenoxy) is 1. The molecule has 0 spiro atoms. The number of esters is 1. The minimum absolute atomic E-state index is 0.345. The molecule has 2 rings (SSSR count). The number of methoxy groups -OCH3 is 1. The number of aromatic nitrogens is 1. The maximum Gasteiger partial charge on any atom is 0.341 e. The van der Waals surface area contributed by atoms with E-state index in [0.29, 0.717) is 11.4 Å². The quantitative estimate of drug-likeness (QED) is 0.772. The second-order valence-corrected chi connectivity index (χ2v) is 4.05. The van der Waals surface area contributed by atoms with E-state index in [0.717, 1.165) is 18.9 Å². The number of pyridine rings is 1. The molecule has 0 saturated heterocycles. The van der Waals surface area contributed by atoms with Crippen LogP contribution >= 0.6 is 0 Å². The Morgan fingerprint density at radius 2 is 2.44 bits per heavy atom. The third-order valence-electron chi connectivity index (χ3n) is 2.75. The zero-order valence-corrected chi connectivity index (χ0v) is 9.40. The van der Waals surface area contributed by atoms with Gasteiger partial charge in [-0.15, -0.1) is 0 Å². The molecule has 1 heterocycles. The van der Waals surface area contributed by atoms with E-state index in [1.54, 1.807) is 18.3 Å². The largest absolute Gasteiger partial charge is 0.465 e. The van der Waals surface area contributed by atoms with Gasteiger partial charge in [0.25, 0.3) is 0 Å². The molecule has 86 valence electrons. The average Bonchev–Trinajstić information content (AvgIpc) is 3.13. The highest BCUT2D eigenvalue weighted by atomic mass is 16.5. The molecule has 0 amide bonds. The van der Waals surface area contributed by atoms with Gasteiger partial charge in [0.15, 0.2) is 0 Å². The molecule has 0 aliphatic heterocycles. The zero-order valence-electron chi connectivity index (χ0n) is 9.40. The van der Waals surface area contributed by atoms with Gasteiger partial charge < -0.3 is 10.1 Å². The Balaban J connectivity index is 1.97. The van der Waals surface area contributed by atoms with Gasteiger partial charge in [0, 0.05) is 12.7 Å². The normalized spacial score (nSPS) is 14.6. The van der Waals surface area contributed by atoms with Crippen LogP contribution in [0.5, 0.6) is 0 Å². The maximum atomic E-state index is 11.4. The molecule has 0 unspecified atom stereocenters. The Bertz CT molecular complexity index is 375. The highest BCUT2D eigenvalue weighted by Gasteiger charge is 2.20. The molecule has 1 N–H and O–H groups in total. The summed E-state index contributed by atoms with van der Waals surface area (Å²) in [7, 11) is 1.38. The van der Waals surface area contributed by atoms with Crippen LogP contribution in [-0.2, 0) is 4.74 Å². The minimum atomic E-state index is -0.345. The van der Waals surface area contributed by atoms with Crippen molar-refractivity contribution in [2.75, 3.05) is 19.0 Å². The fraction of sp³-hybridized carbons (Fsp3) is 0.500. The van der Waals surface area contributed by atoms with Crippen molar-refractivity contribution < 1.29 is 9.53 Å². The number of carbonyl (C=O) groups is 1. The van der Waals surface area contributed by atoms with Crippen molar-refractivity contribution in [1.82, 2.24) is 4.98 Å². The Labute approximate surface area is 95.0 Å². The summed E-state index contributed by atoms with van der Waals surface area (Å²) in [5.41, 5.74) is 0.501. The topological polar surface area (TPSA) is 51.2 Å². The van der Waals surface area contributed by atoms with E-state index in [-0.39, 0.29) is 5.97 Å². The van der Waals surface area contributed by atoms with Crippen LogP contribution < -0.4 is 5.32 Å². The van der Waals surface area contributed by atoms with E-state index in [9.17, 15) is 4.79 Å². The Hall–Kier alpha value is -1.58. The summed E-state index contributed by atoms with van der Waals surface area (Å²) < 4.78 is 4.70.